The van der Waals surface area contributed by atoms with Gasteiger partial charge in [-0.15, -0.1) is 0 Å². The number of aliphatic hydroxyl groups excluding tert-OH is 1. The van der Waals surface area contributed by atoms with Crippen molar-refractivity contribution in [1.82, 2.24) is 0 Å². The van der Waals surface area contributed by atoms with Crippen LogP contribution in [0.4, 0.5) is 0 Å². The van der Waals surface area contributed by atoms with Gasteiger partial charge >= 0.3 is 11.9 Å². The number of aliphatic hydroxyl groups is 1. The quantitative estimate of drug-likeness (QED) is 0.370. The van der Waals surface area contributed by atoms with Gasteiger partial charge in [0.15, 0.2) is 0 Å². The highest BCUT2D eigenvalue weighted by molar-refractivity contribution is 5.91. The Hall–Kier alpha value is -1.40. The molecule has 0 saturated heterocycles. The standard InChI is InChI=1S/C11H18O6/c1-3-15-6-7-16-10(13)4-5-11(14)17-8-9(2)12/h4-5,9,12H,3,6-8H2,1-2H3/b5-4+. The van der Waals surface area contributed by atoms with Crippen LogP contribution in [0.15, 0.2) is 12.2 Å². The lowest BCUT2D eigenvalue weighted by molar-refractivity contribution is -0.142. The summed E-state index contributed by atoms with van der Waals surface area (Å²) in [7, 11) is 0. The molecule has 0 aromatic heterocycles. The molecule has 98 valence electrons. The first-order valence-electron chi connectivity index (χ1n) is 5.33. The van der Waals surface area contributed by atoms with Crippen LogP contribution in [0.25, 0.3) is 0 Å². The van der Waals surface area contributed by atoms with E-state index in [9.17, 15) is 9.59 Å². The molecule has 0 bridgehead atoms. The summed E-state index contributed by atoms with van der Waals surface area (Å²) in [6.45, 7) is 4.22. The molecular weight excluding hydrogens is 228 g/mol. The van der Waals surface area contributed by atoms with Crippen molar-refractivity contribution >= 4 is 11.9 Å². The van der Waals surface area contributed by atoms with Gasteiger partial charge in [-0.25, -0.2) is 9.59 Å². The molecule has 0 fully saturated rings. The molecule has 17 heavy (non-hydrogen) atoms. The zero-order chi connectivity index (χ0) is 13.1. The third-order valence-electron chi connectivity index (χ3n) is 1.50. The Morgan fingerprint density at radius 3 is 2.29 bits per heavy atom. The van der Waals surface area contributed by atoms with Crippen LogP contribution in [-0.4, -0.2) is 49.6 Å². The summed E-state index contributed by atoms with van der Waals surface area (Å²) in [4.78, 5) is 22.0. The highest BCUT2D eigenvalue weighted by Crippen LogP contribution is 1.88. The van der Waals surface area contributed by atoms with Crippen LogP contribution in [0.3, 0.4) is 0 Å². The van der Waals surface area contributed by atoms with Crippen molar-refractivity contribution in [1.29, 1.82) is 0 Å². The first-order chi connectivity index (χ1) is 8.06. The van der Waals surface area contributed by atoms with E-state index in [1.807, 2.05) is 6.92 Å². The number of ether oxygens (including phenoxy) is 3. The molecule has 0 aromatic rings. The van der Waals surface area contributed by atoms with E-state index in [1.54, 1.807) is 0 Å². The van der Waals surface area contributed by atoms with Crippen LogP contribution in [0.2, 0.25) is 0 Å². The van der Waals surface area contributed by atoms with Gasteiger partial charge in [0, 0.05) is 18.8 Å². The Morgan fingerprint density at radius 1 is 1.18 bits per heavy atom. The molecule has 0 aromatic carbocycles. The average molecular weight is 246 g/mol. The lowest BCUT2D eigenvalue weighted by Crippen LogP contribution is -2.14. The Balaban J connectivity index is 3.67. The number of carbonyl (C=O) groups excluding carboxylic acids is 2. The van der Waals surface area contributed by atoms with Crippen LogP contribution in [0.1, 0.15) is 13.8 Å². The van der Waals surface area contributed by atoms with Crippen LogP contribution in [-0.2, 0) is 23.8 Å². The number of hydrogen-bond donors (Lipinski definition) is 1. The molecule has 0 rings (SSSR count). The van der Waals surface area contributed by atoms with Crippen LogP contribution in [0, 0.1) is 0 Å². The van der Waals surface area contributed by atoms with Crippen molar-refractivity contribution in [2.75, 3.05) is 26.4 Å². The second-order valence-electron chi connectivity index (χ2n) is 3.18. The first-order valence-corrected chi connectivity index (χ1v) is 5.33. The third kappa shape index (κ3) is 10.9. The Morgan fingerprint density at radius 2 is 1.76 bits per heavy atom. The Bertz CT molecular complexity index is 259. The van der Waals surface area contributed by atoms with Crippen molar-refractivity contribution < 1.29 is 28.9 Å². The normalized spacial score (nSPS) is 12.4. The molecule has 0 spiro atoms. The molecule has 0 aliphatic heterocycles. The summed E-state index contributed by atoms with van der Waals surface area (Å²) in [5.41, 5.74) is 0. The maximum Gasteiger partial charge on any atom is 0.331 e. The minimum atomic E-state index is -0.731. The highest BCUT2D eigenvalue weighted by atomic mass is 16.6. The summed E-state index contributed by atoms with van der Waals surface area (Å²) in [6, 6.07) is 0. The summed E-state index contributed by atoms with van der Waals surface area (Å²) in [5.74, 6) is -1.34. The van der Waals surface area contributed by atoms with Gasteiger partial charge in [0.05, 0.1) is 12.7 Å². The number of esters is 2. The molecular formula is C11H18O6. The molecule has 0 amide bonds. The van der Waals surface area contributed by atoms with Crippen molar-refractivity contribution in [3.05, 3.63) is 12.2 Å². The lowest BCUT2D eigenvalue weighted by atomic mass is 10.4. The number of rotatable bonds is 8. The van der Waals surface area contributed by atoms with E-state index < -0.39 is 18.0 Å². The molecule has 6 nitrogen and oxygen atoms in total. The van der Waals surface area contributed by atoms with Crippen molar-refractivity contribution in [2.45, 2.75) is 20.0 Å². The van der Waals surface area contributed by atoms with E-state index in [-0.39, 0.29) is 13.2 Å². The molecule has 1 atom stereocenters. The van der Waals surface area contributed by atoms with Gasteiger partial charge in [-0.1, -0.05) is 0 Å². The number of hydrogen-bond acceptors (Lipinski definition) is 6. The molecule has 1 unspecified atom stereocenters. The van der Waals surface area contributed by atoms with Crippen molar-refractivity contribution in [2.24, 2.45) is 0 Å². The van der Waals surface area contributed by atoms with E-state index in [2.05, 4.69) is 4.74 Å². The van der Waals surface area contributed by atoms with Gasteiger partial charge in [-0.05, 0) is 13.8 Å². The largest absolute Gasteiger partial charge is 0.460 e. The Kier molecular flexibility index (Phi) is 8.99. The fourth-order valence-electron chi connectivity index (χ4n) is 0.781. The number of carbonyl (C=O) groups is 2. The summed E-state index contributed by atoms with van der Waals surface area (Å²) in [6.07, 6.45) is 1.19. The molecule has 1 N–H and O–H groups in total. The van der Waals surface area contributed by atoms with Crippen LogP contribution >= 0.6 is 0 Å². The maximum atomic E-state index is 11.0. The molecule has 0 aliphatic carbocycles. The van der Waals surface area contributed by atoms with Gasteiger partial charge in [-0.3, -0.25) is 0 Å². The van der Waals surface area contributed by atoms with Crippen LogP contribution < -0.4 is 0 Å². The lowest BCUT2D eigenvalue weighted by Gasteiger charge is -2.03. The summed E-state index contributed by atoms with van der Waals surface area (Å²) < 4.78 is 14.3. The zero-order valence-electron chi connectivity index (χ0n) is 10.0. The van der Waals surface area contributed by atoms with Crippen molar-refractivity contribution in [3.8, 4) is 0 Å². The first kappa shape index (κ1) is 15.6. The van der Waals surface area contributed by atoms with E-state index in [4.69, 9.17) is 14.6 Å². The minimum absolute atomic E-state index is 0.109. The van der Waals surface area contributed by atoms with Gasteiger partial charge in [0.1, 0.15) is 13.2 Å². The van der Waals surface area contributed by atoms with Gasteiger partial charge in [0.25, 0.3) is 0 Å². The van der Waals surface area contributed by atoms with E-state index in [0.29, 0.717) is 13.2 Å². The Labute approximate surface area is 100 Å². The fraction of sp³-hybridized carbons (Fsp3) is 0.636. The maximum absolute atomic E-state index is 11.0. The predicted molar refractivity (Wildman–Crippen MR) is 59.2 cm³/mol. The SMILES string of the molecule is CCOCCOC(=O)/C=C/C(=O)OCC(C)O. The molecule has 0 saturated carbocycles. The predicted octanol–water partition coefficient (Wildman–Crippen LogP) is 0.0463. The van der Waals surface area contributed by atoms with Crippen LogP contribution in [0.5, 0.6) is 0 Å². The summed E-state index contributed by atoms with van der Waals surface area (Å²) >= 11 is 0. The minimum Gasteiger partial charge on any atom is -0.460 e. The second kappa shape index (κ2) is 9.80. The van der Waals surface area contributed by atoms with E-state index in [1.165, 1.54) is 6.92 Å². The van der Waals surface area contributed by atoms with Gasteiger partial charge in [0.2, 0.25) is 0 Å². The topological polar surface area (TPSA) is 82.1 Å². The van der Waals surface area contributed by atoms with Gasteiger partial charge in [-0.2, -0.15) is 0 Å². The second-order valence-corrected chi connectivity index (χ2v) is 3.18. The molecule has 0 radical (unpaired) electrons. The average Bonchev–Trinajstić information content (AvgIpc) is 2.29. The fourth-order valence-corrected chi connectivity index (χ4v) is 0.781. The smallest absolute Gasteiger partial charge is 0.331 e. The van der Waals surface area contributed by atoms with Gasteiger partial charge < -0.3 is 19.3 Å². The highest BCUT2D eigenvalue weighted by Gasteiger charge is 2.02. The molecule has 6 heteroatoms. The van der Waals surface area contributed by atoms with E-state index in [0.717, 1.165) is 12.2 Å². The molecule has 0 heterocycles. The monoisotopic (exact) mass is 246 g/mol. The summed E-state index contributed by atoms with van der Waals surface area (Å²) in [5, 5.41) is 8.84. The third-order valence-corrected chi connectivity index (χ3v) is 1.50. The molecule has 0 aliphatic rings. The van der Waals surface area contributed by atoms with E-state index >= 15 is 0 Å². The zero-order valence-corrected chi connectivity index (χ0v) is 10.0. The van der Waals surface area contributed by atoms with Crippen molar-refractivity contribution in [3.63, 3.8) is 0 Å².